The number of halogens is 3. The first-order valence-corrected chi connectivity index (χ1v) is 8.65. The highest BCUT2D eigenvalue weighted by molar-refractivity contribution is 7.10. The van der Waals surface area contributed by atoms with Crippen LogP contribution in [-0.2, 0) is 0 Å². The molecule has 3 N–H and O–H groups in total. The summed E-state index contributed by atoms with van der Waals surface area (Å²) in [6, 6.07) is 5.97. The maximum Gasteiger partial charge on any atom is 0.437 e. The van der Waals surface area contributed by atoms with E-state index < -0.39 is 35.7 Å². The summed E-state index contributed by atoms with van der Waals surface area (Å²) in [6.07, 6.45) is -5.27. The summed E-state index contributed by atoms with van der Waals surface area (Å²) in [5.41, 5.74) is -3.77. The zero-order valence-electron chi connectivity index (χ0n) is 13.9. The fraction of sp³-hybridized carbons (Fsp3) is 0.294. The monoisotopic (exact) mass is 400 g/mol. The first kappa shape index (κ1) is 19.2. The van der Waals surface area contributed by atoms with Gasteiger partial charge in [0, 0.05) is 10.4 Å². The number of ether oxygens (including phenoxy) is 1. The van der Waals surface area contributed by atoms with E-state index in [0.29, 0.717) is 10.6 Å². The molecule has 0 radical (unpaired) electrons. The minimum atomic E-state index is -5.27. The molecule has 0 bridgehead atoms. The molecule has 10 heteroatoms. The number of carbonyl (C=O) groups excluding carboxylic acids is 2. The van der Waals surface area contributed by atoms with Crippen molar-refractivity contribution in [3.63, 3.8) is 0 Å². The van der Waals surface area contributed by atoms with Gasteiger partial charge in [-0.1, -0.05) is 6.07 Å². The third-order valence-electron chi connectivity index (χ3n) is 4.31. The summed E-state index contributed by atoms with van der Waals surface area (Å²) < 4.78 is 46.1. The minimum absolute atomic E-state index is 0.0528. The van der Waals surface area contributed by atoms with Gasteiger partial charge in [-0.05, 0) is 35.7 Å². The summed E-state index contributed by atoms with van der Waals surface area (Å²) in [4.78, 5) is 25.1. The number of hydrogen-bond donors (Lipinski definition) is 3. The van der Waals surface area contributed by atoms with Gasteiger partial charge in [0.05, 0.1) is 13.2 Å². The van der Waals surface area contributed by atoms with Crippen molar-refractivity contribution in [3.8, 4) is 5.75 Å². The van der Waals surface area contributed by atoms with E-state index in [-0.39, 0.29) is 5.56 Å². The van der Waals surface area contributed by atoms with E-state index in [1.165, 1.54) is 42.8 Å². The molecular weight excluding hydrogens is 385 g/mol. The third-order valence-corrected chi connectivity index (χ3v) is 5.27. The quantitative estimate of drug-likeness (QED) is 0.689. The Morgan fingerprint density at radius 2 is 1.93 bits per heavy atom. The van der Waals surface area contributed by atoms with Crippen molar-refractivity contribution in [1.82, 2.24) is 10.6 Å². The molecule has 1 aliphatic rings. The van der Waals surface area contributed by atoms with Gasteiger partial charge in [-0.15, -0.1) is 11.3 Å². The highest BCUT2D eigenvalue weighted by Crippen LogP contribution is 2.44. The van der Waals surface area contributed by atoms with Crippen molar-refractivity contribution in [1.29, 1.82) is 0 Å². The molecule has 1 aliphatic heterocycles. The fourth-order valence-corrected chi connectivity index (χ4v) is 3.79. The molecule has 0 spiro atoms. The SMILES string of the molecule is COc1ccc(C(=O)C2C(c3cccs3)NC(=O)NC2(O)C(F)(F)F)cc1. The third kappa shape index (κ3) is 3.37. The Balaban J connectivity index is 2.10. The predicted molar refractivity (Wildman–Crippen MR) is 90.5 cm³/mol. The molecule has 1 aromatic heterocycles. The minimum Gasteiger partial charge on any atom is -0.497 e. The number of methoxy groups -OCH3 is 1. The van der Waals surface area contributed by atoms with Gasteiger partial charge < -0.3 is 20.5 Å². The molecule has 0 saturated carbocycles. The van der Waals surface area contributed by atoms with Gasteiger partial charge in [-0.2, -0.15) is 13.2 Å². The Labute approximate surface area is 156 Å². The van der Waals surface area contributed by atoms with E-state index in [1.54, 1.807) is 11.4 Å². The van der Waals surface area contributed by atoms with Crippen LogP contribution in [0.15, 0.2) is 41.8 Å². The zero-order valence-corrected chi connectivity index (χ0v) is 14.7. The van der Waals surface area contributed by atoms with Crippen molar-refractivity contribution in [3.05, 3.63) is 52.2 Å². The number of hydrogen-bond acceptors (Lipinski definition) is 5. The summed E-state index contributed by atoms with van der Waals surface area (Å²) in [6.45, 7) is 0. The van der Waals surface area contributed by atoms with Crippen molar-refractivity contribution < 1.29 is 32.6 Å². The Kier molecular flexibility index (Phi) is 4.87. The van der Waals surface area contributed by atoms with Gasteiger partial charge in [0.15, 0.2) is 5.78 Å². The molecule has 3 unspecified atom stereocenters. The van der Waals surface area contributed by atoms with Crippen molar-refractivity contribution in [2.75, 3.05) is 7.11 Å². The van der Waals surface area contributed by atoms with E-state index in [0.717, 1.165) is 11.3 Å². The number of benzene rings is 1. The van der Waals surface area contributed by atoms with E-state index in [4.69, 9.17) is 4.74 Å². The number of nitrogens with one attached hydrogen (secondary N) is 2. The van der Waals surface area contributed by atoms with Crippen LogP contribution in [0.25, 0.3) is 0 Å². The molecule has 2 heterocycles. The average molecular weight is 400 g/mol. The van der Waals surface area contributed by atoms with E-state index in [1.807, 2.05) is 0 Å². The van der Waals surface area contributed by atoms with E-state index in [9.17, 15) is 27.9 Å². The number of urea groups is 1. The molecule has 3 atom stereocenters. The lowest BCUT2D eigenvalue weighted by Gasteiger charge is -2.44. The summed E-state index contributed by atoms with van der Waals surface area (Å²) >= 11 is 1.07. The fourth-order valence-electron chi connectivity index (χ4n) is 2.98. The summed E-state index contributed by atoms with van der Waals surface area (Å²) in [5, 5.41) is 15.8. The molecule has 0 aliphatic carbocycles. The smallest absolute Gasteiger partial charge is 0.437 e. The van der Waals surface area contributed by atoms with Crippen molar-refractivity contribution >= 4 is 23.2 Å². The molecule has 144 valence electrons. The second-order valence-electron chi connectivity index (χ2n) is 5.93. The normalized spacial score (nSPS) is 25.4. The number of rotatable bonds is 4. The number of Topliss-reactive ketones (excluding diaryl/α,β-unsaturated/α-hetero) is 1. The lowest BCUT2D eigenvalue weighted by Crippen LogP contribution is -2.72. The number of amides is 2. The van der Waals surface area contributed by atoms with Crippen LogP contribution in [0, 0.1) is 5.92 Å². The second-order valence-corrected chi connectivity index (χ2v) is 6.91. The molecular formula is C17H15F3N2O4S. The standard InChI is InChI=1S/C17H15F3N2O4S/c1-26-10-6-4-9(5-7-10)14(23)12-13(11-3-2-8-27-11)21-15(24)22-16(12,25)17(18,19)20/h2-8,12-13,25H,1H3,(H2,21,22,24). The first-order chi connectivity index (χ1) is 12.7. The number of thiophene rings is 1. The highest BCUT2D eigenvalue weighted by Gasteiger charge is 2.66. The molecule has 1 saturated heterocycles. The second kappa shape index (κ2) is 6.86. The maximum atomic E-state index is 13.7. The number of aliphatic hydroxyl groups is 1. The lowest BCUT2D eigenvalue weighted by atomic mass is 9.79. The van der Waals surface area contributed by atoms with Crippen LogP contribution in [0.3, 0.4) is 0 Å². The van der Waals surface area contributed by atoms with Gasteiger partial charge >= 0.3 is 12.2 Å². The van der Waals surface area contributed by atoms with Gasteiger partial charge in [-0.25, -0.2) is 4.79 Å². The van der Waals surface area contributed by atoms with Crippen LogP contribution in [0.1, 0.15) is 21.3 Å². The average Bonchev–Trinajstić information content (AvgIpc) is 3.14. The predicted octanol–water partition coefficient (Wildman–Crippen LogP) is 2.86. The van der Waals surface area contributed by atoms with Crippen LogP contribution < -0.4 is 15.4 Å². The lowest BCUT2D eigenvalue weighted by molar-refractivity contribution is -0.287. The molecule has 1 aromatic carbocycles. The van der Waals surface area contributed by atoms with Gasteiger partial charge in [0.2, 0.25) is 5.72 Å². The Morgan fingerprint density at radius 1 is 1.26 bits per heavy atom. The van der Waals surface area contributed by atoms with Crippen LogP contribution in [0.4, 0.5) is 18.0 Å². The van der Waals surface area contributed by atoms with Crippen LogP contribution >= 0.6 is 11.3 Å². The zero-order chi connectivity index (χ0) is 19.8. The molecule has 27 heavy (non-hydrogen) atoms. The van der Waals surface area contributed by atoms with Crippen LogP contribution in [-0.4, -0.2) is 35.9 Å². The Hall–Kier alpha value is -2.59. The molecule has 2 amide bonds. The topological polar surface area (TPSA) is 87.7 Å². The van der Waals surface area contributed by atoms with Gasteiger partial charge in [-0.3, -0.25) is 4.79 Å². The number of carbonyl (C=O) groups is 2. The van der Waals surface area contributed by atoms with Crippen molar-refractivity contribution in [2.45, 2.75) is 17.9 Å². The first-order valence-electron chi connectivity index (χ1n) is 7.77. The Bertz CT molecular complexity index is 839. The highest BCUT2D eigenvalue weighted by atomic mass is 32.1. The van der Waals surface area contributed by atoms with E-state index >= 15 is 0 Å². The maximum absolute atomic E-state index is 13.7. The van der Waals surface area contributed by atoms with Crippen LogP contribution in [0.5, 0.6) is 5.75 Å². The molecule has 2 aromatic rings. The van der Waals surface area contributed by atoms with Crippen molar-refractivity contribution in [2.24, 2.45) is 5.92 Å². The van der Waals surface area contributed by atoms with Crippen LogP contribution in [0.2, 0.25) is 0 Å². The molecule has 6 nitrogen and oxygen atoms in total. The van der Waals surface area contributed by atoms with E-state index in [2.05, 4.69) is 5.32 Å². The largest absolute Gasteiger partial charge is 0.497 e. The van der Waals surface area contributed by atoms with Gasteiger partial charge in [0.1, 0.15) is 11.7 Å². The molecule has 3 rings (SSSR count). The molecule has 1 fully saturated rings. The Morgan fingerprint density at radius 3 is 2.44 bits per heavy atom. The number of ketones is 1. The summed E-state index contributed by atoms with van der Waals surface area (Å²) in [5.74, 6) is -2.58. The summed E-state index contributed by atoms with van der Waals surface area (Å²) in [7, 11) is 1.41. The van der Waals surface area contributed by atoms with Gasteiger partial charge in [0.25, 0.3) is 0 Å². The number of alkyl halides is 3.